The number of aryl methyl sites for hydroxylation is 1. The van der Waals surface area contributed by atoms with Gasteiger partial charge in [-0.3, -0.25) is 0 Å². The van der Waals surface area contributed by atoms with E-state index in [-0.39, 0.29) is 0 Å². The smallest absolute Gasteiger partial charge is 0.123 e. The summed E-state index contributed by atoms with van der Waals surface area (Å²) in [5.74, 6) is 1.09. The van der Waals surface area contributed by atoms with Gasteiger partial charge in [0, 0.05) is 15.5 Å². The Morgan fingerprint density at radius 1 is 1.31 bits per heavy atom. The van der Waals surface area contributed by atoms with Crippen molar-refractivity contribution >= 4 is 15.9 Å². The van der Waals surface area contributed by atoms with Crippen LogP contribution >= 0.6 is 15.9 Å². The fourth-order valence-corrected chi connectivity index (χ4v) is 3.01. The summed E-state index contributed by atoms with van der Waals surface area (Å²) in [7, 11) is 0. The van der Waals surface area contributed by atoms with Crippen LogP contribution < -0.4 is 4.74 Å². The minimum Gasteiger partial charge on any atom is -0.493 e. The number of halogens is 1. The summed E-state index contributed by atoms with van der Waals surface area (Å²) in [6.45, 7) is 7.54. The number of benzene rings is 1. The van der Waals surface area contributed by atoms with Gasteiger partial charge in [-0.25, -0.2) is 0 Å². The van der Waals surface area contributed by atoms with Gasteiger partial charge in [-0.05, 0) is 43.9 Å². The van der Waals surface area contributed by atoms with Crippen LogP contribution in [0.5, 0.6) is 5.75 Å². The number of ether oxygens (including phenoxy) is 1. The molecule has 1 aliphatic rings. The third-order valence-corrected chi connectivity index (χ3v) is 4.88. The normalized spacial score (nSPS) is 17.8. The summed E-state index contributed by atoms with van der Waals surface area (Å²) in [4.78, 5) is 0. The number of rotatable bonds is 2. The lowest BCUT2D eigenvalue weighted by Gasteiger charge is -2.38. The first-order valence-electron chi connectivity index (χ1n) is 6.06. The zero-order valence-electron chi connectivity index (χ0n) is 10.3. The molecule has 0 aliphatic carbocycles. The summed E-state index contributed by atoms with van der Waals surface area (Å²) >= 11 is 3.63. The molecule has 0 aromatic heterocycles. The molecule has 88 valence electrons. The van der Waals surface area contributed by atoms with E-state index in [0.29, 0.717) is 5.41 Å². The molecule has 0 unspecified atom stereocenters. The second kappa shape index (κ2) is 4.40. The van der Waals surface area contributed by atoms with Gasteiger partial charge in [0.1, 0.15) is 5.75 Å². The molecule has 0 saturated carbocycles. The minimum atomic E-state index is 0.323. The molecular weight excluding hydrogens is 264 g/mol. The van der Waals surface area contributed by atoms with Crippen molar-refractivity contribution in [2.24, 2.45) is 0 Å². The van der Waals surface area contributed by atoms with Crippen LogP contribution in [0.2, 0.25) is 0 Å². The maximum absolute atomic E-state index is 5.80. The molecule has 0 bridgehead atoms. The fourth-order valence-electron chi connectivity index (χ4n) is 2.66. The van der Waals surface area contributed by atoms with Crippen molar-refractivity contribution in [2.75, 3.05) is 6.61 Å². The third-order valence-electron chi connectivity index (χ3n) is 4.02. The second-order valence-electron chi connectivity index (χ2n) is 4.68. The van der Waals surface area contributed by atoms with Crippen LogP contribution in [0.1, 0.15) is 44.2 Å². The van der Waals surface area contributed by atoms with Gasteiger partial charge in [-0.2, -0.15) is 0 Å². The van der Waals surface area contributed by atoms with Crippen molar-refractivity contribution in [2.45, 2.75) is 45.4 Å². The van der Waals surface area contributed by atoms with Crippen LogP contribution in [-0.2, 0) is 5.41 Å². The van der Waals surface area contributed by atoms with Gasteiger partial charge in [0.05, 0.1) is 6.61 Å². The van der Waals surface area contributed by atoms with Gasteiger partial charge >= 0.3 is 0 Å². The maximum Gasteiger partial charge on any atom is 0.123 e. The highest BCUT2D eigenvalue weighted by Gasteiger charge is 2.34. The lowest BCUT2D eigenvalue weighted by atomic mass is 9.72. The molecule has 0 saturated heterocycles. The van der Waals surface area contributed by atoms with Gasteiger partial charge in [0.15, 0.2) is 0 Å². The van der Waals surface area contributed by atoms with E-state index in [4.69, 9.17) is 4.74 Å². The fraction of sp³-hybridized carbons (Fsp3) is 0.571. The molecule has 2 heteroatoms. The Hall–Kier alpha value is -0.500. The van der Waals surface area contributed by atoms with Crippen molar-refractivity contribution in [3.8, 4) is 5.75 Å². The molecule has 2 rings (SSSR count). The van der Waals surface area contributed by atoms with E-state index in [9.17, 15) is 0 Å². The molecular formula is C14H19BrO. The van der Waals surface area contributed by atoms with Gasteiger partial charge < -0.3 is 4.74 Å². The highest BCUT2D eigenvalue weighted by Crippen LogP contribution is 2.45. The van der Waals surface area contributed by atoms with Gasteiger partial charge in [-0.15, -0.1) is 0 Å². The van der Waals surface area contributed by atoms with E-state index in [2.05, 4.69) is 48.8 Å². The van der Waals surface area contributed by atoms with E-state index >= 15 is 0 Å². The lowest BCUT2D eigenvalue weighted by molar-refractivity contribution is 0.204. The Balaban J connectivity index is 2.57. The standard InChI is InChI=1S/C14H19BrO/c1-4-14(5-2)6-7-16-13-8-10(3)12(15)9-11(13)14/h8-9H,4-7H2,1-3H3. The molecule has 0 amide bonds. The Morgan fingerprint density at radius 2 is 2.00 bits per heavy atom. The van der Waals surface area contributed by atoms with Crippen LogP contribution in [0.25, 0.3) is 0 Å². The van der Waals surface area contributed by atoms with Crippen molar-refractivity contribution < 1.29 is 4.74 Å². The van der Waals surface area contributed by atoms with Crippen molar-refractivity contribution in [1.29, 1.82) is 0 Å². The predicted molar refractivity (Wildman–Crippen MR) is 71.3 cm³/mol. The first kappa shape index (κ1) is 12.0. The summed E-state index contributed by atoms with van der Waals surface area (Å²) in [6.07, 6.45) is 3.52. The second-order valence-corrected chi connectivity index (χ2v) is 5.54. The Labute approximate surface area is 106 Å². The topological polar surface area (TPSA) is 9.23 Å². The SMILES string of the molecule is CCC1(CC)CCOc2cc(C)c(Br)cc21. The van der Waals surface area contributed by atoms with Crippen LogP contribution in [0, 0.1) is 6.92 Å². The minimum absolute atomic E-state index is 0.323. The molecule has 0 atom stereocenters. The molecule has 0 N–H and O–H groups in total. The molecule has 1 aliphatic heterocycles. The molecule has 1 heterocycles. The molecule has 1 nitrogen and oxygen atoms in total. The first-order valence-corrected chi connectivity index (χ1v) is 6.85. The van der Waals surface area contributed by atoms with Crippen molar-refractivity contribution in [3.63, 3.8) is 0 Å². The molecule has 1 aromatic rings. The van der Waals surface area contributed by atoms with Gasteiger partial charge in [0.25, 0.3) is 0 Å². The Morgan fingerprint density at radius 3 is 2.62 bits per heavy atom. The highest BCUT2D eigenvalue weighted by molar-refractivity contribution is 9.10. The van der Waals surface area contributed by atoms with Crippen LogP contribution in [-0.4, -0.2) is 6.61 Å². The van der Waals surface area contributed by atoms with Crippen LogP contribution in [0.15, 0.2) is 16.6 Å². The zero-order valence-corrected chi connectivity index (χ0v) is 11.9. The third kappa shape index (κ3) is 1.77. The molecule has 0 fully saturated rings. The van der Waals surface area contributed by atoms with Crippen molar-refractivity contribution in [1.82, 2.24) is 0 Å². The van der Waals surface area contributed by atoms with E-state index in [1.165, 1.54) is 28.4 Å². The molecule has 0 spiro atoms. The maximum atomic E-state index is 5.80. The Bertz CT molecular complexity index is 394. The van der Waals surface area contributed by atoms with Gasteiger partial charge in [0.2, 0.25) is 0 Å². The van der Waals surface area contributed by atoms with Gasteiger partial charge in [-0.1, -0.05) is 29.8 Å². The average molecular weight is 283 g/mol. The predicted octanol–water partition coefficient (Wildman–Crippen LogP) is 4.60. The summed E-state index contributed by atoms with van der Waals surface area (Å²) in [5.41, 5.74) is 2.96. The largest absolute Gasteiger partial charge is 0.493 e. The van der Waals surface area contributed by atoms with E-state index in [0.717, 1.165) is 18.8 Å². The van der Waals surface area contributed by atoms with E-state index in [1.54, 1.807) is 0 Å². The quantitative estimate of drug-likeness (QED) is 0.771. The lowest BCUT2D eigenvalue weighted by Crippen LogP contribution is -2.31. The first-order chi connectivity index (χ1) is 7.63. The van der Waals surface area contributed by atoms with E-state index < -0.39 is 0 Å². The van der Waals surface area contributed by atoms with Crippen molar-refractivity contribution in [3.05, 3.63) is 27.7 Å². The number of hydrogen-bond acceptors (Lipinski definition) is 1. The highest BCUT2D eigenvalue weighted by atomic mass is 79.9. The summed E-state index contributed by atoms with van der Waals surface area (Å²) in [5, 5.41) is 0. The zero-order chi connectivity index (χ0) is 11.8. The monoisotopic (exact) mass is 282 g/mol. The summed E-state index contributed by atoms with van der Waals surface area (Å²) < 4.78 is 6.99. The molecule has 1 aromatic carbocycles. The molecule has 16 heavy (non-hydrogen) atoms. The number of hydrogen-bond donors (Lipinski definition) is 0. The molecule has 0 radical (unpaired) electrons. The average Bonchev–Trinajstić information content (AvgIpc) is 2.30. The summed E-state index contributed by atoms with van der Waals surface area (Å²) in [6, 6.07) is 4.43. The number of fused-ring (bicyclic) bond motifs is 1. The van der Waals surface area contributed by atoms with Crippen LogP contribution in [0.3, 0.4) is 0 Å². The van der Waals surface area contributed by atoms with E-state index in [1.807, 2.05) is 0 Å². The Kier molecular flexibility index (Phi) is 3.29. The van der Waals surface area contributed by atoms with Crippen LogP contribution in [0.4, 0.5) is 0 Å².